The summed E-state index contributed by atoms with van der Waals surface area (Å²) in [5, 5.41) is 0.644. The molecule has 0 spiro atoms. The van der Waals surface area contributed by atoms with Crippen LogP contribution < -0.4 is 10.5 Å². The molecule has 3 aromatic rings. The van der Waals surface area contributed by atoms with Gasteiger partial charge in [-0.25, -0.2) is 4.98 Å². The normalized spacial score (nSPS) is 12.0. The molecule has 0 bridgehead atoms. The average Bonchev–Trinajstić information content (AvgIpc) is 2.95. The molecule has 98 valence electrons. The van der Waals surface area contributed by atoms with Gasteiger partial charge in [-0.15, -0.1) is 11.3 Å². The third-order valence-corrected chi connectivity index (χ3v) is 4.26. The first-order chi connectivity index (χ1) is 9.79. The monoisotopic (exact) mass is 280 g/mol. The van der Waals surface area contributed by atoms with Crippen LogP contribution in [0.1, 0.15) is 10.4 Å². The van der Waals surface area contributed by atoms with E-state index in [0.29, 0.717) is 5.13 Å². The Balaban J connectivity index is 1.68. The number of para-hydroxylation sites is 1. The first-order valence-corrected chi connectivity index (χ1v) is 7.22. The minimum Gasteiger partial charge on any atom is -0.457 e. The lowest BCUT2D eigenvalue weighted by Crippen LogP contribution is -1.88. The maximum Gasteiger partial charge on any atom is 0.180 e. The number of ether oxygens (including phenoxy) is 1. The number of rotatable bonds is 2. The molecule has 0 unspecified atom stereocenters. The van der Waals surface area contributed by atoms with Crippen LogP contribution in [0.25, 0.3) is 11.3 Å². The summed E-state index contributed by atoms with van der Waals surface area (Å²) in [4.78, 5) is 5.65. The molecule has 0 aliphatic heterocycles. The highest BCUT2D eigenvalue weighted by Crippen LogP contribution is 2.41. The zero-order valence-electron chi connectivity index (χ0n) is 10.7. The summed E-state index contributed by atoms with van der Waals surface area (Å²) in [5.41, 5.74) is 9.23. The van der Waals surface area contributed by atoms with Gasteiger partial charge in [0.1, 0.15) is 11.5 Å². The van der Waals surface area contributed by atoms with Gasteiger partial charge in [0.05, 0.1) is 5.69 Å². The second-order valence-electron chi connectivity index (χ2n) is 4.73. The Hall–Kier alpha value is -2.33. The molecule has 1 aliphatic carbocycles. The molecule has 2 aromatic carbocycles. The first-order valence-electron chi connectivity index (χ1n) is 6.41. The molecule has 0 fully saturated rings. The Kier molecular flexibility index (Phi) is 2.50. The maximum absolute atomic E-state index is 5.86. The van der Waals surface area contributed by atoms with E-state index in [2.05, 4.69) is 17.1 Å². The molecule has 0 saturated carbocycles. The molecule has 4 heteroatoms. The number of anilines is 1. The fourth-order valence-corrected chi connectivity index (χ4v) is 3.38. The van der Waals surface area contributed by atoms with Gasteiger partial charge >= 0.3 is 0 Å². The van der Waals surface area contributed by atoms with Crippen molar-refractivity contribution < 1.29 is 4.74 Å². The van der Waals surface area contributed by atoms with Crippen molar-refractivity contribution in [3.05, 3.63) is 59.0 Å². The van der Waals surface area contributed by atoms with Crippen molar-refractivity contribution in [2.24, 2.45) is 0 Å². The van der Waals surface area contributed by atoms with E-state index in [1.165, 1.54) is 16.0 Å². The highest BCUT2D eigenvalue weighted by molar-refractivity contribution is 7.15. The number of thiazole rings is 1. The number of hydrogen-bond acceptors (Lipinski definition) is 4. The standard InChI is InChI=1S/C16H12N2OS/c17-16-18-15-13-7-6-12(8-10(13)9-14(15)20-16)19-11-4-2-1-3-5-11/h1-8H,9H2,(H2,17,18). The predicted octanol–water partition coefficient (Wildman–Crippen LogP) is 4.09. The number of aromatic nitrogens is 1. The average molecular weight is 280 g/mol. The number of nitrogen functional groups attached to an aromatic ring is 1. The van der Waals surface area contributed by atoms with Crippen LogP contribution in [0.4, 0.5) is 5.13 Å². The van der Waals surface area contributed by atoms with Gasteiger partial charge in [0.25, 0.3) is 0 Å². The summed E-state index contributed by atoms with van der Waals surface area (Å²) < 4.78 is 5.86. The highest BCUT2D eigenvalue weighted by atomic mass is 32.1. The Morgan fingerprint density at radius 2 is 1.90 bits per heavy atom. The second-order valence-corrected chi connectivity index (χ2v) is 5.85. The zero-order valence-corrected chi connectivity index (χ0v) is 11.5. The quantitative estimate of drug-likeness (QED) is 0.601. The van der Waals surface area contributed by atoms with E-state index in [0.717, 1.165) is 23.6 Å². The summed E-state index contributed by atoms with van der Waals surface area (Å²) in [6.07, 6.45) is 0.894. The van der Waals surface area contributed by atoms with Gasteiger partial charge in [-0.05, 0) is 35.9 Å². The summed E-state index contributed by atoms with van der Waals surface area (Å²) in [5.74, 6) is 1.71. The molecule has 1 aromatic heterocycles. The van der Waals surface area contributed by atoms with Gasteiger partial charge in [0.15, 0.2) is 5.13 Å². The number of nitrogens with zero attached hydrogens (tertiary/aromatic N) is 1. The minimum atomic E-state index is 0.644. The minimum absolute atomic E-state index is 0.644. The maximum atomic E-state index is 5.86. The van der Waals surface area contributed by atoms with Gasteiger partial charge in [-0.2, -0.15) is 0 Å². The molecule has 0 atom stereocenters. The second kappa shape index (κ2) is 4.35. The van der Waals surface area contributed by atoms with E-state index in [4.69, 9.17) is 10.5 Å². The van der Waals surface area contributed by atoms with Crippen LogP contribution in [-0.2, 0) is 6.42 Å². The smallest absolute Gasteiger partial charge is 0.180 e. The van der Waals surface area contributed by atoms with Crippen LogP contribution in [0, 0.1) is 0 Å². The Morgan fingerprint density at radius 3 is 2.75 bits per heavy atom. The lowest BCUT2D eigenvalue weighted by atomic mass is 10.1. The fraction of sp³-hybridized carbons (Fsp3) is 0.0625. The fourth-order valence-electron chi connectivity index (χ4n) is 2.51. The molecule has 3 nitrogen and oxygen atoms in total. The lowest BCUT2D eigenvalue weighted by molar-refractivity contribution is 0.482. The predicted molar refractivity (Wildman–Crippen MR) is 81.3 cm³/mol. The summed E-state index contributed by atoms with van der Waals surface area (Å²) in [6.45, 7) is 0. The molecule has 1 heterocycles. The van der Waals surface area contributed by atoms with E-state index in [-0.39, 0.29) is 0 Å². The largest absolute Gasteiger partial charge is 0.457 e. The Labute approximate surface area is 120 Å². The Morgan fingerprint density at radius 1 is 1.05 bits per heavy atom. The van der Waals surface area contributed by atoms with E-state index >= 15 is 0 Å². The van der Waals surface area contributed by atoms with Crippen molar-refractivity contribution in [3.8, 4) is 22.8 Å². The van der Waals surface area contributed by atoms with Crippen LogP contribution in [0.5, 0.6) is 11.5 Å². The molecule has 4 rings (SSSR count). The molecule has 20 heavy (non-hydrogen) atoms. The molecule has 0 radical (unpaired) electrons. The number of hydrogen-bond donors (Lipinski definition) is 1. The third kappa shape index (κ3) is 1.85. The molecule has 1 aliphatic rings. The molecule has 2 N–H and O–H groups in total. The van der Waals surface area contributed by atoms with Gasteiger partial charge in [-0.3, -0.25) is 0 Å². The van der Waals surface area contributed by atoms with E-state index in [9.17, 15) is 0 Å². The van der Waals surface area contributed by atoms with E-state index < -0.39 is 0 Å². The van der Waals surface area contributed by atoms with Gasteiger partial charge in [0.2, 0.25) is 0 Å². The van der Waals surface area contributed by atoms with Crippen molar-refractivity contribution in [2.45, 2.75) is 6.42 Å². The van der Waals surface area contributed by atoms with Crippen LogP contribution in [-0.4, -0.2) is 4.98 Å². The van der Waals surface area contributed by atoms with Crippen LogP contribution in [0.15, 0.2) is 48.5 Å². The van der Waals surface area contributed by atoms with Gasteiger partial charge in [-0.1, -0.05) is 18.2 Å². The SMILES string of the molecule is Nc1nc2c(s1)Cc1cc(Oc3ccccc3)ccc1-2. The number of nitrogens with two attached hydrogens (primary N) is 1. The first kappa shape index (κ1) is 11.5. The summed E-state index contributed by atoms with van der Waals surface area (Å²) >= 11 is 1.57. The van der Waals surface area contributed by atoms with Crippen molar-refractivity contribution >= 4 is 16.5 Å². The zero-order chi connectivity index (χ0) is 13.5. The molecular formula is C16H12N2OS. The molecular weight excluding hydrogens is 268 g/mol. The topological polar surface area (TPSA) is 48.1 Å². The van der Waals surface area contributed by atoms with Crippen LogP contribution >= 0.6 is 11.3 Å². The molecule has 0 saturated heterocycles. The van der Waals surface area contributed by atoms with Gasteiger partial charge in [0, 0.05) is 16.9 Å². The number of fused-ring (bicyclic) bond motifs is 3. The molecule has 0 amide bonds. The summed E-state index contributed by atoms with van der Waals surface area (Å²) in [7, 11) is 0. The Bertz CT molecular complexity index is 780. The third-order valence-electron chi connectivity index (χ3n) is 3.38. The number of benzene rings is 2. The van der Waals surface area contributed by atoms with E-state index in [1.807, 2.05) is 36.4 Å². The van der Waals surface area contributed by atoms with Crippen LogP contribution in [0.2, 0.25) is 0 Å². The summed E-state index contributed by atoms with van der Waals surface area (Å²) in [6, 6.07) is 15.9. The van der Waals surface area contributed by atoms with Crippen molar-refractivity contribution in [2.75, 3.05) is 5.73 Å². The van der Waals surface area contributed by atoms with Gasteiger partial charge < -0.3 is 10.5 Å². The van der Waals surface area contributed by atoms with Crippen molar-refractivity contribution in [3.63, 3.8) is 0 Å². The van der Waals surface area contributed by atoms with E-state index in [1.54, 1.807) is 11.3 Å². The van der Waals surface area contributed by atoms with Crippen LogP contribution in [0.3, 0.4) is 0 Å². The highest BCUT2D eigenvalue weighted by Gasteiger charge is 2.23. The lowest BCUT2D eigenvalue weighted by Gasteiger charge is -2.07. The van der Waals surface area contributed by atoms with Crippen molar-refractivity contribution in [1.29, 1.82) is 0 Å². The van der Waals surface area contributed by atoms with Crippen molar-refractivity contribution in [1.82, 2.24) is 4.98 Å².